The first-order valence-electron chi connectivity index (χ1n) is 11.2. The Bertz CT molecular complexity index is 1320. The van der Waals surface area contributed by atoms with Crippen molar-refractivity contribution in [3.63, 3.8) is 0 Å². The minimum Gasteiger partial charge on any atom is -0.497 e. The normalized spacial score (nSPS) is 12.1. The van der Waals surface area contributed by atoms with E-state index in [1.54, 1.807) is 31.6 Å². The third-order valence-electron chi connectivity index (χ3n) is 5.48. The predicted molar refractivity (Wildman–Crippen MR) is 142 cm³/mol. The quantitative estimate of drug-likeness (QED) is 0.335. The SMILES string of the molecule is C.COc1cccc(-c2cc(Cl)cn3c([C@@H](COCc4ccccc4)NC(=O)C(C)(C)N)nnc23)c1. The van der Waals surface area contributed by atoms with Crippen LogP contribution < -0.4 is 15.8 Å². The fourth-order valence-electron chi connectivity index (χ4n) is 3.61. The van der Waals surface area contributed by atoms with Crippen LogP contribution in [0.1, 0.15) is 38.7 Å². The first kappa shape index (κ1) is 27.1. The lowest BCUT2D eigenvalue weighted by Crippen LogP contribution is -2.50. The maximum Gasteiger partial charge on any atom is 0.240 e. The first-order chi connectivity index (χ1) is 16.8. The van der Waals surface area contributed by atoms with Gasteiger partial charge in [-0.1, -0.05) is 61.5 Å². The number of amides is 1. The van der Waals surface area contributed by atoms with Gasteiger partial charge in [-0.3, -0.25) is 9.20 Å². The van der Waals surface area contributed by atoms with E-state index in [2.05, 4.69) is 15.5 Å². The van der Waals surface area contributed by atoms with Crippen LogP contribution in [0.2, 0.25) is 5.02 Å². The zero-order valence-electron chi connectivity index (χ0n) is 19.9. The summed E-state index contributed by atoms with van der Waals surface area (Å²) >= 11 is 6.50. The molecule has 0 fully saturated rings. The summed E-state index contributed by atoms with van der Waals surface area (Å²) < 4.78 is 13.1. The van der Waals surface area contributed by atoms with Crippen molar-refractivity contribution in [2.75, 3.05) is 13.7 Å². The number of hydrogen-bond donors (Lipinski definition) is 2. The van der Waals surface area contributed by atoms with Crippen LogP contribution in [-0.4, -0.2) is 39.8 Å². The van der Waals surface area contributed by atoms with Crippen molar-refractivity contribution in [1.82, 2.24) is 19.9 Å². The van der Waals surface area contributed by atoms with Crippen LogP contribution in [0.15, 0.2) is 66.9 Å². The van der Waals surface area contributed by atoms with Gasteiger partial charge in [0.25, 0.3) is 0 Å². The van der Waals surface area contributed by atoms with E-state index in [0.29, 0.717) is 28.9 Å². The summed E-state index contributed by atoms with van der Waals surface area (Å²) in [6.07, 6.45) is 1.72. The van der Waals surface area contributed by atoms with Gasteiger partial charge >= 0.3 is 0 Å². The number of benzene rings is 2. The van der Waals surface area contributed by atoms with Crippen molar-refractivity contribution in [3.05, 3.63) is 83.3 Å². The molecule has 4 rings (SSSR count). The van der Waals surface area contributed by atoms with Crippen LogP contribution in [0.4, 0.5) is 0 Å². The molecule has 0 spiro atoms. The smallest absolute Gasteiger partial charge is 0.240 e. The number of methoxy groups -OCH3 is 1. The molecule has 0 unspecified atom stereocenters. The number of fused-ring (bicyclic) bond motifs is 1. The van der Waals surface area contributed by atoms with Crippen molar-refractivity contribution in [1.29, 1.82) is 0 Å². The lowest BCUT2D eigenvalue weighted by Gasteiger charge is -2.23. The maximum absolute atomic E-state index is 12.8. The van der Waals surface area contributed by atoms with Gasteiger partial charge in [-0.2, -0.15) is 0 Å². The molecule has 2 heterocycles. The number of halogens is 1. The molecule has 3 N–H and O–H groups in total. The van der Waals surface area contributed by atoms with E-state index < -0.39 is 11.6 Å². The molecule has 0 radical (unpaired) electrons. The summed E-state index contributed by atoms with van der Waals surface area (Å²) in [6.45, 7) is 3.83. The molecule has 36 heavy (non-hydrogen) atoms. The highest BCUT2D eigenvalue weighted by Crippen LogP contribution is 2.30. The molecule has 0 aliphatic rings. The number of hydrogen-bond acceptors (Lipinski definition) is 6. The summed E-state index contributed by atoms with van der Waals surface area (Å²) in [4.78, 5) is 12.8. The molecule has 0 aliphatic carbocycles. The fourth-order valence-corrected chi connectivity index (χ4v) is 3.82. The standard InChI is InChI=1S/C26H28ClN5O3.CH4/c1-26(2,28)25(33)29-22(16-35-15-17-8-5-4-6-9-17)24-31-30-23-21(13-19(27)14-32(23)24)18-10-7-11-20(12-18)34-3;/h4-14,22H,15-16,28H2,1-3H3,(H,29,33);1H4/t22-;/m1./s1. The van der Waals surface area contributed by atoms with E-state index in [1.807, 2.05) is 60.7 Å². The second kappa shape index (κ2) is 11.5. The molecule has 1 amide bonds. The summed E-state index contributed by atoms with van der Waals surface area (Å²) in [7, 11) is 1.61. The summed E-state index contributed by atoms with van der Waals surface area (Å²) in [5.74, 6) is 0.861. The molecule has 0 bridgehead atoms. The van der Waals surface area contributed by atoms with Gasteiger partial charge in [-0.25, -0.2) is 0 Å². The Kier molecular flexibility index (Phi) is 8.68. The third-order valence-corrected chi connectivity index (χ3v) is 5.68. The molecule has 0 saturated carbocycles. The summed E-state index contributed by atoms with van der Waals surface area (Å²) in [5.41, 5.74) is 8.22. The van der Waals surface area contributed by atoms with Gasteiger partial charge in [0.15, 0.2) is 11.5 Å². The molecule has 2 aromatic heterocycles. The molecule has 0 saturated heterocycles. The molecule has 8 nitrogen and oxygen atoms in total. The monoisotopic (exact) mass is 509 g/mol. The van der Waals surface area contributed by atoms with Crippen molar-refractivity contribution in [2.24, 2.45) is 5.73 Å². The van der Waals surface area contributed by atoms with Crippen LogP contribution >= 0.6 is 11.6 Å². The highest BCUT2D eigenvalue weighted by Gasteiger charge is 2.28. The minimum atomic E-state index is -1.08. The predicted octanol–water partition coefficient (Wildman–Crippen LogP) is 4.81. The third kappa shape index (κ3) is 6.20. The van der Waals surface area contributed by atoms with Gasteiger partial charge in [-0.05, 0) is 43.2 Å². The minimum absolute atomic E-state index is 0. The Balaban J connectivity index is 0.00000361. The van der Waals surface area contributed by atoms with E-state index >= 15 is 0 Å². The zero-order valence-corrected chi connectivity index (χ0v) is 20.6. The number of nitrogens with zero attached hydrogens (tertiary/aromatic N) is 3. The van der Waals surface area contributed by atoms with E-state index in [4.69, 9.17) is 26.8 Å². The van der Waals surface area contributed by atoms with Crippen molar-refractivity contribution in [2.45, 2.75) is 39.5 Å². The number of nitrogens with one attached hydrogen (secondary N) is 1. The van der Waals surface area contributed by atoms with Gasteiger partial charge in [0.1, 0.15) is 11.8 Å². The van der Waals surface area contributed by atoms with Gasteiger partial charge in [0, 0.05) is 11.8 Å². The molecular formula is C27H32ClN5O3. The highest BCUT2D eigenvalue weighted by atomic mass is 35.5. The van der Waals surface area contributed by atoms with Gasteiger partial charge in [-0.15, -0.1) is 10.2 Å². The fraction of sp³-hybridized carbons (Fsp3) is 0.296. The Hall–Kier alpha value is -3.46. The number of carbonyl (C=O) groups is 1. The molecular weight excluding hydrogens is 478 g/mol. The molecule has 0 aliphatic heterocycles. The number of ether oxygens (including phenoxy) is 2. The number of carbonyl (C=O) groups excluding carboxylic acids is 1. The first-order valence-corrected chi connectivity index (χ1v) is 11.5. The molecule has 1 atom stereocenters. The molecule has 2 aromatic carbocycles. The highest BCUT2D eigenvalue weighted by molar-refractivity contribution is 6.30. The lowest BCUT2D eigenvalue weighted by atomic mass is 10.1. The topological polar surface area (TPSA) is 104 Å². The van der Waals surface area contributed by atoms with Crippen LogP contribution in [-0.2, 0) is 16.1 Å². The lowest BCUT2D eigenvalue weighted by molar-refractivity contribution is -0.126. The number of pyridine rings is 1. The largest absolute Gasteiger partial charge is 0.497 e. The van der Waals surface area contributed by atoms with E-state index in [-0.39, 0.29) is 19.9 Å². The maximum atomic E-state index is 12.8. The van der Waals surface area contributed by atoms with Crippen LogP contribution in [0.5, 0.6) is 5.75 Å². The molecule has 9 heteroatoms. The van der Waals surface area contributed by atoms with Crippen LogP contribution in [0, 0.1) is 0 Å². The van der Waals surface area contributed by atoms with E-state index in [1.165, 1.54) is 0 Å². The Morgan fingerprint density at radius 2 is 1.89 bits per heavy atom. The van der Waals surface area contributed by atoms with Crippen molar-refractivity contribution < 1.29 is 14.3 Å². The second-order valence-corrected chi connectivity index (χ2v) is 9.24. The van der Waals surface area contributed by atoms with Gasteiger partial charge in [0.05, 0.1) is 30.9 Å². The average Bonchev–Trinajstić information content (AvgIpc) is 3.26. The van der Waals surface area contributed by atoms with E-state index in [0.717, 1.165) is 16.7 Å². The number of nitrogens with two attached hydrogens (primary N) is 1. The average molecular weight is 510 g/mol. The molecule has 190 valence electrons. The zero-order chi connectivity index (χ0) is 25.0. The Morgan fingerprint density at radius 3 is 2.58 bits per heavy atom. The van der Waals surface area contributed by atoms with Gasteiger partial charge < -0.3 is 20.5 Å². The molecule has 4 aromatic rings. The van der Waals surface area contributed by atoms with E-state index in [9.17, 15) is 4.79 Å². The van der Waals surface area contributed by atoms with Gasteiger partial charge in [0.2, 0.25) is 5.91 Å². The number of rotatable bonds is 9. The summed E-state index contributed by atoms with van der Waals surface area (Å²) in [6, 6.07) is 18.6. The summed E-state index contributed by atoms with van der Waals surface area (Å²) in [5, 5.41) is 12.3. The van der Waals surface area contributed by atoms with Crippen LogP contribution in [0.3, 0.4) is 0 Å². The second-order valence-electron chi connectivity index (χ2n) is 8.80. The van der Waals surface area contributed by atoms with Crippen LogP contribution in [0.25, 0.3) is 16.8 Å². The Morgan fingerprint density at radius 1 is 1.14 bits per heavy atom. The number of aromatic nitrogens is 3. The van der Waals surface area contributed by atoms with Crippen molar-refractivity contribution >= 4 is 23.2 Å². The Labute approximate surface area is 216 Å². The van der Waals surface area contributed by atoms with Crippen molar-refractivity contribution in [3.8, 4) is 16.9 Å².